The first-order valence-electron chi connectivity index (χ1n) is 6.43. The van der Waals surface area contributed by atoms with E-state index >= 15 is 0 Å². The normalized spacial score (nSPS) is 10.2. The Bertz CT molecular complexity index is 609. The highest BCUT2D eigenvalue weighted by Crippen LogP contribution is 2.13. The van der Waals surface area contributed by atoms with E-state index in [-0.39, 0.29) is 11.6 Å². The van der Waals surface area contributed by atoms with Crippen molar-refractivity contribution in [3.63, 3.8) is 0 Å². The summed E-state index contributed by atoms with van der Waals surface area (Å²) in [6.07, 6.45) is 0. The molecule has 0 bridgehead atoms. The quantitative estimate of drug-likeness (QED) is 0.890. The molecule has 0 aliphatic carbocycles. The average Bonchev–Trinajstić information content (AvgIpc) is 2.43. The first-order valence-corrected chi connectivity index (χ1v) is 6.43. The molecular weight excluding hydrogens is 254 g/mol. The molecule has 2 aromatic rings. The van der Waals surface area contributed by atoms with Gasteiger partial charge in [-0.3, -0.25) is 9.78 Å². The topological polar surface area (TPSA) is 79.8 Å². The molecule has 0 radical (unpaired) electrons. The highest BCUT2D eigenvalue weighted by Gasteiger charge is 2.10. The highest BCUT2D eigenvalue weighted by molar-refractivity contribution is 6.03. The summed E-state index contributed by atoms with van der Waals surface area (Å²) in [5.41, 5.74) is 2.63. The molecule has 0 saturated heterocycles. The number of aryl methyl sites for hydroxylation is 2. The van der Waals surface area contributed by atoms with Crippen molar-refractivity contribution in [2.24, 2.45) is 0 Å². The molecule has 0 atom stereocenters. The third kappa shape index (κ3) is 3.28. The summed E-state index contributed by atoms with van der Waals surface area (Å²) >= 11 is 0. The largest absolute Gasteiger partial charge is 0.369 e. The second-order valence-electron chi connectivity index (χ2n) is 4.37. The van der Waals surface area contributed by atoms with Gasteiger partial charge in [0.05, 0.1) is 11.4 Å². The number of nitrogens with one attached hydrogen (secondary N) is 2. The van der Waals surface area contributed by atoms with Gasteiger partial charge in [-0.05, 0) is 45.0 Å². The van der Waals surface area contributed by atoms with E-state index in [1.807, 2.05) is 32.9 Å². The number of anilines is 2. The number of nitrogens with zero attached hydrogens (tertiary/aromatic N) is 3. The smallest absolute Gasteiger partial charge is 0.276 e. The molecule has 6 heteroatoms. The Hall–Kier alpha value is -2.50. The number of rotatable bonds is 4. The molecule has 2 N–H and O–H groups in total. The zero-order valence-electron chi connectivity index (χ0n) is 11.8. The number of pyridine rings is 1. The molecule has 2 heterocycles. The Kier molecular flexibility index (Phi) is 4.24. The van der Waals surface area contributed by atoms with Crippen molar-refractivity contribution in [1.82, 2.24) is 15.2 Å². The molecule has 104 valence electrons. The lowest BCUT2D eigenvalue weighted by Crippen LogP contribution is -2.16. The van der Waals surface area contributed by atoms with Crippen LogP contribution in [0.1, 0.15) is 28.8 Å². The Labute approximate surface area is 117 Å². The minimum Gasteiger partial charge on any atom is -0.369 e. The molecular formula is C14H17N5O. The van der Waals surface area contributed by atoms with Gasteiger partial charge in [-0.1, -0.05) is 0 Å². The Balaban J connectivity index is 2.11. The van der Waals surface area contributed by atoms with Crippen LogP contribution in [-0.4, -0.2) is 27.6 Å². The van der Waals surface area contributed by atoms with Crippen molar-refractivity contribution in [2.75, 3.05) is 17.2 Å². The Morgan fingerprint density at radius 3 is 2.55 bits per heavy atom. The molecule has 6 nitrogen and oxygen atoms in total. The number of aromatic nitrogens is 3. The molecule has 2 aromatic heterocycles. The first kappa shape index (κ1) is 13.9. The molecule has 0 unspecified atom stereocenters. The summed E-state index contributed by atoms with van der Waals surface area (Å²) in [4.78, 5) is 16.4. The summed E-state index contributed by atoms with van der Waals surface area (Å²) in [6, 6.07) is 7.04. The van der Waals surface area contributed by atoms with Gasteiger partial charge in [0.1, 0.15) is 5.82 Å². The van der Waals surface area contributed by atoms with Crippen molar-refractivity contribution >= 4 is 17.4 Å². The summed E-state index contributed by atoms with van der Waals surface area (Å²) in [5.74, 6) is 0.353. The van der Waals surface area contributed by atoms with Crippen LogP contribution < -0.4 is 10.6 Å². The van der Waals surface area contributed by atoms with Gasteiger partial charge in [-0.15, -0.1) is 10.2 Å². The van der Waals surface area contributed by atoms with Crippen LogP contribution >= 0.6 is 0 Å². The van der Waals surface area contributed by atoms with Gasteiger partial charge in [0.25, 0.3) is 5.91 Å². The van der Waals surface area contributed by atoms with E-state index in [0.29, 0.717) is 11.5 Å². The molecule has 2 rings (SSSR count). The van der Waals surface area contributed by atoms with Crippen molar-refractivity contribution in [1.29, 1.82) is 0 Å². The van der Waals surface area contributed by atoms with Crippen LogP contribution in [0.5, 0.6) is 0 Å². The monoisotopic (exact) mass is 271 g/mol. The SMILES string of the molecule is CCNc1ccc(C(=O)Nc2ccc(C)nc2C)nn1. The number of hydrogen-bond acceptors (Lipinski definition) is 5. The summed E-state index contributed by atoms with van der Waals surface area (Å²) in [6.45, 7) is 6.48. The van der Waals surface area contributed by atoms with E-state index in [2.05, 4.69) is 25.8 Å². The van der Waals surface area contributed by atoms with Crippen LogP contribution in [0.25, 0.3) is 0 Å². The van der Waals surface area contributed by atoms with Crippen molar-refractivity contribution < 1.29 is 4.79 Å². The Morgan fingerprint density at radius 2 is 1.95 bits per heavy atom. The minimum absolute atomic E-state index is 0.270. The second kappa shape index (κ2) is 6.10. The van der Waals surface area contributed by atoms with Gasteiger partial charge in [-0.2, -0.15) is 0 Å². The standard InChI is InChI=1S/C14H17N5O/c1-4-15-13-8-7-12(18-19-13)14(20)17-11-6-5-9(2)16-10(11)3/h5-8H,4H2,1-3H3,(H,15,19)(H,17,20). The maximum atomic E-state index is 12.1. The van der Waals surface area contributed by atoms with Crippen molar-refractivity contribution in [2.45, 2.75) is 20.8 Å². The lowest BCUT2D eigenvalue weighted by Gasteiger charge is -2.08. The van der Waals surface area contributed by atoms with Gasteiger partial charge in [0, 0.05) is 12.2 Å². The fourth-order valence-electron chi connectivity index (χ4n) is 1.73. The number of hydrogen-bond donors (Lipinski definition) is 2. The average molecular weight is 271 g/mol. The molecule has 1 amide bonds. The van der Waals surface area contributed by atoms with Crippen LogP contribution in [0.3, 0.4) is 0 Å². The fraction of sp³-hybridized carbons (Fsp3) is 0.286. The number of carbonyl (C=O) groups is 1. The number of carbonyl (C=O) groups excluding carboxylic acids is 1. The zero-order chi connectivity index (χ0) is 14.5. The predicted octanol–water partition coefficient (Wildman–Crippen LogP) is 2.17. The molecule has 0 aliphatic rings. The van der Waals surface area contributed by atoms with Gasteiger partial charge in [-0.25, -0.2) is 0 Å². The first-order chi connectivity index (χ1) is 9.60. The van der Waals surface area contributed by atoms with Crippen LogP contribution in [-0.2, 0) is 0 Å². The third-order valence-corrected chi connectivity index (χ3v) is 2.73. The van der Waals surface area contributed by atoms with E-state index in [1.54, 1.807) is 12.1 Å². The lowest BCUT2D eigenvalue weighted by molar-refractivity contribution is 0.102. The van der Waals surface area contributed by atoms with Crippen LogP contribution in [0.2, 0.25) is 0 Å². The van der Waals surface area contributed by atoms with Gasteiger partial charge in [0.2, 0.25) is 0 Å². The van der Waals surface area contributed by atoms with Crippen molar-refractivity contribution in [3.8, 4) is 0 Å². The van der Waals surface area contributed by atoms with E-state index in [0.717, 1.165) is 17.9 Å². The summed E-state index contributed by atoms with van der Waals surface area (Å²) < 4.78 is 0. The molecule has 20 heavy (non-hydrogen) atoms. The molecule has 0 spiro atoms. The molecule has 0 saturated carbocycles. The zero-order valence-corrected chi connectivity index (χ0v) is 11.8. The van der Waals surface area contributed by atoms with Crippen LogP contribution in [0.15, 0.2) is 24.3 Å². The predicted molar refractivity (Wildman–Crippen MR) is 77.9 cm³/mol. The second-order valence-corrected chi connectivity index (χ2v) is 4.37. The maximum absolute atomic E-state index is 12.1. The lowest BCUT2D eigenvalue weighted by atomic mass is 10.2. The van der Waals surface area contributed by atoms with Crippen molar-refractivity contribution in [3.05, 3.63) is 41.3 Å². The maximum Gasteiger partial charge on any atom is 0.276 e. The van der Waals surface area contributed by atoms with Gasteiger partial charge >= 0.3 is 0 Å². The molecule has 0 fully saturated rings. The molecule has 0 aromatic carbocycles. The van der Waals surface area contributed by atoms with E-state index in [1.165, 1.54) is 0 Å². The summed E-state index contributed by atoms with van der Waals surface area (Å²) in [7, 11) is 0. The van der Waals surface area contributed by atoms with E-state index < -0.39 is 0 Å². The van der Waals surface area contributed by atoms with Gasteiger partial charge < -0.3 is 10.6 Å². The fourth-order valence-corrected chi connectivity index (χ4v) is 1.73. The third-order valence-electron chi connectivity index (χ3n) is 2.73. The van der Waals surface area contributed by atoms with Crippen LogP contribution in [0.4, 0.5) is 11.5 Å². The minimum atomic E-state index is -0.297. The highest BCUT2D eigenvalue weighted by atomic mass is 16.1. The van der Waals surface area contributed by atoms with Gasteiger partial charge in [0.15, 0.2) is 5.69 Å². The van der Waals surface area contributed by atoms with Crippen LogP contribution in [0, 0.1) is 13.8 Å². The number of amides is 1. The summed E-state index contributed by atoms with van der Waals surface area (Å²) in [5, 5.41) is 13.6. The molecule has 0 aliphatic heterocycles. The Morgan fingerprint density at radius 1 is 1.15 bits per heavy atom. The van der Waals surface area contributed by atoms with E-state index in [9.17, 15) is 4.79 Å². The van der Waals surface area contributed by atoms with E-state index in [4.69, 9.17) is 0 Å².